The Balaban J connectivity index is 0.00000220. The predicted octanol–water partition coefficient (Wildman–Crippen LogP) is 1.01. The summed E-state index contributed by atoms with van der Waals surface area (Å²) in [5, 5.41) is 6.44. The lowest BCUT2D eigenvalue weighted by atomic mass is 9.78. The number of hydrogen-bond acceptors (Lipinski definition) is 5. The van der Waals surface area contributed by atoms with Crippen molar-refractivity contribution in [1.82, 2.24) is 15.5 Å². The van der Waals surface area contributed by atoms with Crippen LogP contribution in [0, 0.1) is 5.41 Å². The molecular formula is C14H29Cl2N3O2S. The SMILES string of the molecule is COCC1(C(=O)NCCN2CCSCC2)CCNCC1.Cl.Cl. The van der Waals surface area contributed by atoms with Crippen LogP contribution in [0.5, 0.6) is 0 Å². The molecule has 0 aromatic carbocycles. The number of carbonyl (C=O) groups is 1. The van der Waals surface area contributed by atoms with E-state index >= 15 is 0 Å². The normalized spacial score (nSPS) is 21.3. The summed E-state index contributed by atoms with van der Waals surface area (Å²) in [5.74, 6) is 2.60. The van der Waals surface area contributed by atoms with Crippen LogP contribution in [0.15, 0.2) is 0 Å². The van der Waals surface area contributed by atoms with E-state index in [9.17, 15) is 4.79 Å². The van der Waals surface area contributed by atoms with Gasteiger partial charge in [0, 0.05) is 44.8 Å². The molecule has 0 radical (unpaired) electrons. The van der Waals surface area contributed by atoms with E-state index in [0.29, 0.717) is 6.61 Å². The molecule has 5 nitrogen and oxygen atoms in total. The topological polar surface area (TPSA) is 53.6 Å². The molecule has 0 aliphatic carbocycles. The summed E-state index contributed by atoms with van der Waals surface area (Å²) in [6.07, 6.45) is 1.74. The zero-order valence-corrected chi connectivity index (χ0v) is 15.7. The number of nitrogens with zero attached hydrogens (tertiary/aromatic N) is 1. The molecule has 1 amide bonds. The smallest absolute Gasteiger partial charge is 0.228 e. The molecule has 2 saturated heterocycles. The Kier molecular flexibility index (Phi) is 11.9. The van der Waals surface area contributed by atoms with Crippen LogP contribution >= 0.6 is 36.6 Å². The van der Waals surface area contributed by atoms with Crippen molar-refractivity contribution in [3.05, 3.63) is 0 Å². The number of ether oxygens (including phenoxy) is 1. The van der Waals surface area contributed by atoms with Crippen LogP contribution < -0.4 is 10.6 Å². The highest BCUT2D eigenvalue weighted by molar-refractivity contribution is 7.99. The molecule has 0 aromatic heterocycles. The summed E-state index contributed by atoms with van der Waals surface area (Å²) in [5.41, 5.74) is -0.322. The molecule has 0 aromatic rings. The lowest BCUT2D eigenvalue weighted by Gasteiger charge is -2.36. The highest BCUT2D eigenvalue weighted by atomic mass is 35.5. The van der Waals surface area contributed by atoms with Gasteiger partial charge in [-0.3, -0.25) is 9.69 Å². The highest BCUT2D eigenvalue weighted by Crippen LogP contribution is 2.29. The van der Waals surface area contributed by atoms with Gasteiger partial charge >= 0.3 is 0 Å². The summed E-state index contributed by atoms with van der Waals surface area (Å²) >= 11 is 2.01. The van der Waals surface area contributed by atoms with Gasteiger partial charge in [-0.15, -0.1) is 24.8 Å². The first-order chi connectivity index (χ1) is 9.77. The van der Waals surface area contributed by atoms with Gasteiger partial charge in [0.1, 0.15) is 0 Å². The maximum Gasteiger partial charge on any atom is 0.228 e. The summed E-state index contributed by atoms with van der Waals surface area (Å²) in [6, 6.07) is 0. The zero-order chi connectivity index (χ0) is 14.3. The van der Waals surface area contributed by atoms with Gasteiger partial charge < -0.3 is 15.4 Å². The molecule has 0 spiro atoms. The van der Waals surface area contributed by atoms with Gasteiger partial charge in [-0.25, -0.2) is 0 Å². The first-order valence-corrected chi connectivity index (χ1v) is 8.70. The molecule has 8 heteroatoms. The second-order valence-electron chi connectivity index (χ2n) is 5.67. The number of piperidine rings is 1. The fourth-order valence-corrected chi connectivity index (χ4v) is 3.94. The van der Waals surface area contributed by atoms with Crippen LogP contribution in [0.4, 0.5) is 0 Å². The molecular weight excluding hydrogens is 345 g/mol. The first-order valence-electron chi connectivity index (χ1n) is 7.55. The fourth-order valence-electron chi connectivity index (χ4n) is 2.96. The Morgan fingerprint density at radius 3 is 2.50 bits per heavy atom. The summed E-state index contributed by atoms with van der Waals surface area (Å²) < 4.78 is 5.30. The van der Waals surface area contributed by atoms with Gasteiger partial charge in [-0.1, -0.05) is 0 Å². The molecule has 2 rings (SSSR count). The van der Waals surface area contributed by atoms with Crippen molar-refractivity contribution in [3.8, 4) is 0 Å². The predicted molar refractivity (Wildman–Crippen MR) is 97.7 cm³/mol. The Morgan fingerprint density at radius 2 is 1.91 bits per heavy atom. The average molecular weight is 374 g/mol. The lowest BCUT2D eigenvalue weighted by Crippen LogP contribution is -2.51. The van der Waals surface area contributed by atoms with Crippen molar-refractivity contribution in [2.75, 3.05) is 64.5 Å². The maximum absolute atomic E-state index is 12.5. The minimum atomic E-state index is -0.322. The van der Waals surface area contributed by atoms with E-state index in [1.807, 2.05) is 11.8 Å². The molecule has 0 bridgehead atoms. The molecule has 2 fully saturated rings. The fraction of sp³-hybridized carbons (Fsp3) is 0.929. The summed E-state index contributed by atoms with van der Waals surface area (Å²) in [6.45, 7) is 6.35. The van der Waals surface area contributed by atoms with Crippen LogP contribution in [-0.4, -0.2) is 75.3 Å². The third kappa shape index (κ3) is 6.42. The van der Waals surface area contributed by atoms with Gasteiger partial charge in [0.2, 0.25) is 5.91 Å². The van der Waals surface area contributed by atoms with Gasteiger partial charge in [-0.2, -0.15) is 11.8 Å². The first kappa shape index (κ1) is 22.3. The quantitative estimate of drug-likeness (QED) is 0.727. The van der Waals surface area contributed by atoms with Crippen LogP contribution in [0.1, 0.15) is 12.8 Å². The number of hydrogen-bond donors (Lipinski definition) is 2. The van der Waals surface area contributed by atoms with Crippen LogP contribution in [0.3, 0.4) is 0 Å². The standard InChI is InChI=1S/C14H27N3O2S.2ClH/c1-19-12-14(2-4-15-5-3-14)13(18)16-6-7-17-8-10-20-11-9-17;;/h15H,2-12H2,1H3,(H,16,18);2*1H. The minimum Gasteiger partial charge on any atom is -0.384 e. The molecule has 2 heterocycles. The van der Waals surface area contributed by atoms with Crippen molar-refractivity contribution < 1.29 is 9.53 Å². The molecule has 2 aliphatic heterocycles. The Bertz CT molecular complexity index is 307. The maximum atomic E-state index is 12.5. The Labute approximate surface area is 150 Å². The number of nitrogens with one attached hydrogen (secondary N) is 2. The van der Waals surface area contributed by atoms with Crippen molar-refractivity contribution in [1.29, 1.82) is 0 Å². The van der Waals surface area contributed by atoms with Gasteiger partial charge in [0.25, 0.3) is 0 Å². The second kappa shape index (κ2) is 11.8. The molecule has 0 atom stereocenters. The van der Waals surface area contributed by atoms with Crippen molar-refractivity contribution in [2.45, 2.75) is 12.8 Å². The minimum absolute atomic E-state index is 0. The largest absolute Gasteiger partial charge is 0.384 e. The van der Waals surface area contributed by atoms with E-state index < -0.39 is 0 Å². The Hall–Kier alpha value is 0.280. The highest BCUT2D eigenvalue weighted by Gasteiger charge is 2.39. The number of rotatable bonds is 6. The van der Waals surface area contributed by atoms with Gasteiger partial charge in [0.15, 0.2) is 0 Å². The van der Waals surface area contributed by atoms with Crippen molar-refractivity contribution in [3.63, 3.8) is 0 Å². The third-order valence-electron chi connectivity index (χ3n) is 4.28. The van der Waals surface area contributed by atoms with E-state index in [-0.39, 0.29) is 36.1 Å². The van der Waals surface area contributed by atoms with Crippen molar-refractivity contribution in [2.24, 2.45) is 5.41 Å². The van der Waals surface area contributed by atoms with E-state index in [1.54, 1.807) is 7.11 Å². The van der Waals surface area contributed by atoms with Crippen LogP contribution in [0.25, 0.3) is 0 Å². The average Bonchev–Trinajstić information content (AvgIpc) is 2.49. The third-order valence-corrected chi connectivity index (χ3v) is 5.22. The number of halogens is 2. The van der Waals surface area contributed by atoms with Gasteiger partial charge in [-0.05, 0) is 25.9 Å². The number of methoxy groups -OCH3 is 1. The van der Waals surface area contributed by atoms with E-state index in [0.717, 1.165) is 52.1 Å². The van der Waals surface area contributed by atoms with Crippen LogP contribution in [-0.2, 0) is 9.53 Å². The number of carbonyl (C=O) groups excluding carboxylic acids is 1. The summed E-state index contributed by atoms with van der Waals surface area (Å²) in [4.78, 5) is 14.9. The lowest BCUT2D eigenvalue weighted by molar-refractivity contribution is -0.136. The molecule has 0 unspecified atom stereocenters. The second-order valence-corrected chi connectivity index (χ2v) is 6.90. The zero-order valence-electron chi connectivity index (χ0n) is 13.3. The van der Waals surface area contributed by atoms with Crippen LogP contribution in [0.2, 0.25) is 0 Å². The van der Waals surface area contributed by atoms with E-state index in [4.69, 9.17) is 4.74 Å². The number of thioether (sulfide) groups is 1. The molecule has 2 N–H and O–H groups in total. The molecule has 132 valence electrons. The monoisotopic (exact) mass is 373 g/mol. The van der Waals surface area contributed by atoms with E-state index in [2.05, 4.69) is 15.5 Å². The van der Waals surface area contributed by atoms with Gasteiger partial charge in [0.05, 0.1) is 12.0 Å². The summed E-state index contributed by atoms with van der Waals surface area (Å²) in [7, 11) is 1.68. The molecule has 22 heavy (non-hydrogen) atoms. The Morgan fingerprint density at radius 1 is 1.27 bits per heavy atom. The molecule has 2 aliphatic rings. The number of amides is 1. The van der Waals surface area contributed by atoms with E-state index in [1.165, 1.54) is 11.5 Å². The van der Waals surface area contributed by atoms with Crippen molar-refractivity contribution >= 4 is 42.5 Å². The molecule has 0 saturated carbocycles.